The van der Waals surface area contributed by atoms with Crippen LogP contribution in [0.3, 0.4) is 0 Å². The molecule has 0 spiro atoms. The van der Waals surface area contributed by atoms with Crippen LogP contribution in [0.1, 0.15) is 11.1 Å². The number of para-hydroxylation sites is 1. The van der Waals surface area contributed by atoms with Crippen molar-refractivity contribution in [3.63, 3.8) is 0 Å². The number of rotatable bonds is 5. The Labute approximate surface area is 119 Å². The molecule has 4 nitrogen and oxygen atoms in total. The molecule has 1 aromatic heterocycles. The molecule has 0 amide bonds. The van der Waals surface area contributed by atoms with Crippen molar-refractivity contribution in [3.8, 4) is 11.8 Å². The van der Waals surface area contributed by atoms with Crippen molar-refractivity contribution in [2.45, 2.75) is 6.42 Å². The molecule has 102 valence electrons. The average Bonchev–Trinajstić information content (AvgIpc) is 2.53. The lowest BCUT2D eigenvalue weighted by molar-refractivity contribution is 0.409. The standard InChI is InChI=1S/C16H17N3O/c1-19(16-8-7-13(11-17)12-18-16)10-9-14-5-3-4-6-15(14)20-2/h3-8,12H,9-10H2,1-2H3. The van der Waals surface area contributed by atoms with Crippen molar-refractivity contribution in [3.05, 3.63) is 53.7 Å². The normalized spacial score (nSPS) is 9.85. The third-order valence-corrected chi connectivity index (χ3v) is 3.18. The van der Waals surface area contributed by atoms with Crippen LogP contribution in [0.25, 0.3) is 0 Å². The number of nitriles is 1. The van der Waals surface area contributed by atoms with Gasteiger partial charge >= 0.3 is 0 Å². The number of ether oxygens (including phenoxy) is 1. The summed E-state index contributed by atoms with van der Waals surface area (Å²) < 4.78 is 5.34. The monoisotopic (exact) mass is 267 g/mol. The first-order valence-electron chi connectivity index (χ1n) is 6.44. The largest absolute Gasteiger partial charge is 0.496 e. The SMILES string of the molecule is COc1ccccc1CCN(C)c1ccc(C#N)cn1. The van der Waals surface area contributed by atoms with Gasteiger partial charge in [0.2, 0.25) is 0 Å². The lowest BCUT2D eigenvalue weighted by Gasteiger charge is -2.18. The molecule has 0 atom stereocenters. The van der Waals surface area contributed by atoms with Crippen LogP contribution in [0.4, 0.5) is 5.82 Å². The molecular weight excluding hydrogens is 250 g/mol. The molecule has 0 fully saturated rings. The highest BCUT2D eigenvalue weighted by Crippen LogP contribution is 2.18. The molecule has 0 radical (unpaired) electrons. The van der Waals surface area contributed by atoms with Gasteiger partial charge in [-0.15, -0.1) is 0 Å². The highest BCUT2D eigenvalue weighted by molar-refractivity contribution is 5.42. The second kappa shape index (κ2) is 6.58. The van der Waals surface area contributed by atoms with Gasteiger partial charge in [0, 0.05) is 19.8 Å². The van der Waals surface area contributed by atoms with Crippen molar-refractivity contribution in [2.24, 2.45) is 0 Å². The zero-order valence-electron chi connectivity index (χ0n) is 11.7. The number of pyridine rings is 1. The zero-order chi connectivity index (χ0) is 14.4. The summed E-state index contributed by atoms with van der Waals surface area (Å²) in [5.41, 5.74) is 1.75. The van der Waals surface area contributed by atoms with Crippen LogP contribution in [0.5, 0.6) is 5.75 Å². The van der Waals surface area contributed by atoms with Gasteiger partial charge < -0.3 is 9.64 Å². The molecule has 1 heterocycles. The Morgan fingerprint density at radius 2 is 2.05 bits per heavy atom. The summed E-state index contributed by atoms with van der Waals surface area (Å²) in [6, 6.07) is 13.7. The van der Waals surface area contributed by atoms with Crippen LogP contribution >= 0.6 is 0 Å². The Morgan fingerprint density at radius 1 is 1.25 bits per heavy atom. The summed E-state index contributed by atoms with van der Waals surface area (Å²) in [6.45, 7) is 0.833. The van der Waals surface area contributed by atoms with Gasteiger partial charge in [-0.05, 0) is 30.2 Å². The molecule has 2 aromatic rings. The Bertz CT molecular complexity index is 602. The smallest absolute Gasteiger partial charge is 0.128 e. The number of nitrogens with zero attached hydrogens (tertiary/aromatic N) is 3. The van der Waals surface area contributed by atoms with Gasteiger partial charge in [0.05, 0.1) is 12.7 Å². The van der Waals surface area contributed by atoms with Crippen molar-refractivity contribution >= 4 is 5.82 Å². The lowest BCUT2D eigenvalue weighted by atomic mass is 10.1. The van der Waals surface area contributed by atoms with E-state index in [4.69, 9.17) is 10.00 Å². The minimum Gasteiger partial charge on any atom is -0.496 e. The molecule has 20 heavy (non-hydrogen) atoms. The Morgan fingerprint density at radius 3 is 2.70 bits per heavy atom. The molecule has 0 saturated carbocycles. The molecule has 0 unspecified atom stereocenters. The molecule has 0 aliphatic heterocycles. The number of methoxy groups -OCH3 is 1. The van der Waals surface area contributed by atoms with E-state index in [1.807, 2.05) is 31.3 Å². The minimum atomic E-state index is 0.576. The molecule has 1 aromatic carbocycles. The zero-order valence-corrected chi connectivity index (χ0v) is 11.7. The van der Waals surface area contributed by atoms with E-state index >= 15 is 0 Å². The Balaban J connectivity index is 2.01. The summed E-state index contributed by atoms with van der Waals surface area (Å²) in [5, 5.41) is 8.76. The first kappa shape index (κ1) is 13.9. The van der Waals surface area contributed by atoms with E-state index in [2.05, 4.69) is 22.0 Å². The molecule has 2 rings (SSSR count). The maximum Gasteiger partial charge on any atom is 0.128 e. The van der Waals surface area contributed by atoms with E-state index in [-0.39, 0.29) is 0 Å². The van der Waals surface area contributed by atoms with Gasteiger partial charge in [-0.3, -0.25) is 0 Å². The van der Waals surface area contributed by atoms with Crippen LogP contribution in [-0.4, -0.2) is 25.7 Å². The predicted octanol–water partition coefficient (Wildman–Crippen LogP) is 2.64. The van der Waals surface area contributed by atoms with Crippen LogP contribution in [0, 0.1) is 11.3 Å². The van der Waals surface area contributed by atoms with Gasteiger partial charge in [0.15, 0.2) is 0 Å². The fraction of sp³-hybridized carbons (Fsp3) is 0.250. The molecule has 0 saturated heterocycles. The van der Waals surface area contributed by atoms with E-state index in [0.29, 0.717) is 5.56 Å². The van der Waals surface area contributed by atoms with E-state index in [9.17, 15) is 0 Å². The summed E-state index contributed by atoms with van der Waals surface area (Å²) >= 11 is 0. The first-order chi connectivity index (χ1) is 9.74. The van der Waals surface area contributed by atoms with E-state index in [1.54, 1.807) is 19.4 Å². The molecule has 0 bridgehead atoms. The quantitative estimate of drug-likeness (QED) is 0.835. The predicted molar refractivity (Wildman–Crippen MR) is 78.9 cm³/mol. The number of anilines is 1. The Hall–Kier alpha value is -2.54. The van der Waals surface area contributed by atoms with Gasteiger partial charge in [0.25, 0.3) is 0 Å². The lowest BCUT2D eigenvalue weighted by Crippen LogP contribution is -2.21. The number of likely N-dealkylation sites (N-methyl/N-ethyl adjacent to an activating group) is 1. The van der Waals surface area contributed by atoms with E-state index in [0.717, 1.165) is 24.5 Å². The third-order valence-electron chi connectivity index (χ3n) is 3.18. The van der Waals surface area contributed by atoms with Crippen molar-refractivity contribution < 1.29 is 4.74 Å². The number of hydrogen-bond acceptors (Lipinski definition) is 4. The highest BCUT2D eigenvalue weighted by atomic mass is 16.5. The van der Waals surface area contributed by atoms with Crippen LogP contribution in [0.2, 0.25) is 0 Å². The summed E-state index contributed by atoms with van der Waals surface area (Å²) in [5.74, 6) is 1.77. The fourth-order valence-electron chi connectivity index (χ4n) is 1.99. The second-order valence-corrected chi connectivity index (χ2v) is 4.50. The van der Waals surface area contributed by atoms with Gasteiger partial charge in [-0.2, -0.15) is 5.26 Å². The molecule has 0 N–H and O–H groups in total. The van der Waals surface area contributed by atoms with Crippen LogP contribution in [-0.2, 0) is 6.42 Å². The number of aromatic nitrogens is 1. The summed E-state index contributed by atoms with van der Waals surface area (Å²) in [6.07, 6.45) is 2.47. The highest BCUT2D eigenvalue weighted by Gasteiger charge is 2.06. The average molecular weight is 267 g/mol. The van der Waals surface area contributed by atoms with Crippen LogP contribution < -0.4 is 9.64 Å². The maximum atomic E-state index is 8.76. The Kier molecular flexibility index (Phi) is 4.56. The maximum absolute atomic E-state index is 8.76. The van der Waals surface area contributed by atoms with Crippen molar-refractivity contribution in [2.75, 3.05) is 25.6 Å². The van der Waals surface area contributed by atoms with Gasteiger partial charge in [-0.1, -0.05) is 18.2 Å². The van der Waals surface area contributed by atoms with Crippen molar-refractivity contribution in [1.82, 2.24) is 4.98 Å². The first-order valence-corrected chi connectivity index (χ1v) is 6.44. The second-order valence-electron chi connectivity index (χ2n) is 4.50. The fourth-order valence-corrected chi connectivity index (χ4v) is 1.99. The summed E-state index contributed by atoms with van der Waals surface area (Å²) in [4.78, 5) is 6.34. The third kappa shape index (κ3) is 3.27. The number of benzene rings is 1. The summed E-state index contributed by atoms with van der Waals surface area (Å²) in [7, 11) is 3.68. The molecular formula is C16H17N3O. The van der Waals surface area contributed by atoms with Crippen molar-refractivity contribution in [1.29, 1.82) is 5.26 Å². The van der Waals surface area contributed by atoms with E-state index < -0.39 is 0 Å². The molecule has 0 aliphatic carbocycles. The molecule has 0 aliphatic rings. The van der Waals surface area contributed by atoms with Gasteiger partial charge in [-0.25, -0.2) is 4.98 Å². The number of hydrogen-bond donors (Lipinski definition) is 0. The van der Waals surface area contributed by atoms with Crippen LogP contribution in [0.15, 0.2) is 42.6 Å². The van der Waals surface area contributed by atoms with E-state index in [1.165, 1.54) is 5.56 Å². The van der Waals surface area contributed by atoms with Gasteiger partial charge in [0.1, 0.15) is 17.6 Å². The molecule has 4 heteroatoms. The minimum absolute atomic E-state index is 0.576. The topological polar surface area (TPSA) is 49.1 Å².